The summed E-state index contributed by atoms with van der Waals surface area (Å²) in [6.45, 7) is 0.614. The highest BCUT2D eigenvalue weighted by Gasteiger charge is 2.31. The van der Waals surface area contributed by atoms with Crippen LogP contribution in [-0.2, 0) is 27.8 Å². The number of amides is 1. The molecular weight excluding hydrogens is 355 g/mol. The second-order valence-electron chi connectivity index (χ2n) is 6.79. The van der Waals surface area contributed by atoms with Crippen molar-refractivity contribution in [3.05, 3.63) is 59.4 Å². The van der Waals surface area contributed by atoms with E-state index in [1.54, 1.807) is 0 Å². The van der Waals surface area contributed by atoms with Crippen LogP contribution >= 0.6 is 0 Å². The van der Waals surface area contributed by atoms with Crippen LogP contribution in [0.3, 0.4) is 0 Å². The Bertz CT molecular complexity index is 953. The van der Waals surface area contributed by atoms with Gasteiger partial charge in [-0.3, -0.25) is 4.79 Å². The van der Waals surface area contributed by atoms with E-state index >= 15 is 0 Å². The van der Waals surface area contributed by atoms with E-state index in [2.05, 4.69) is 5.32 Å². The number of rotatable bonds is 4. The van der Waals surface area contributed by atoms with Crippen LogP contribution in [0.25, 0.3) is 0 Å². The number of hydrogen-bond acceptors (Lipinski definition) is 3. The molecule has 0 aromatic heterocycles. The Hall–Kier alpha value is -2.25. The van der Waals surface area contributed by atoms with E-state index in [-0.39, 0.29) is 23.3 Å². The normalized spacial score (nSPS) is 17.6. The van der Waals surface area contributed by atoms with E-state index in [1.807, 2.05) is 18.2 Å². The summed E-state index contributed by atoms with van der Waals surface area (Å²) in [5, 5.41) is 2.90. The summed E-state index contributed by atoms with van der Waals surface area (Å²) in [5.74, 6) is -0.332. The molecule has 2 aromatic carbocycles. The van der Waals surface area contributed by atoms with Gasteiger partial charge in [0.25, 0.3) is 0 Å². The average Bonchev–Trinajstić information content (AvgIpc) is 3.46. The fraction of sp³-hybridized carbons (Fsp3) is 0.316. The van der Waals surface area contributed by atoms with E-state index in [4.69, 9.17) is 0 Å². The zero-order valence-corrected chi connectivity index (χ0v) is 14.9. The molecule has 2 aromatic rings. The van der Waals surface area contributed by atoms with Crippen LogP contribution in [0.15, 0.2) is 47.4 Å². The maximum absolute atomic E-state index is 13.1. The number of benzene rings is 2. The van der Waals surface area contributed by atoms with Gasteiger partial charge in [0.2, 0.25) is 15.9 Å². The average molecular weight is 374 g/mol. The van der Waals surface area contributed by atoms with Gasteiger partial charge in [0.1, 0.15) is 5.82 Å². The van der Waals surface area contributed by atoms with Gasteiger partial charge >= 0.3 is 0 Å². The van der Waals surface area contributed by atoms with Crippen LogP contribution in [0.1, 0.15) is 24.0 Å². The summed E-state index contributed by atoms with van der Waals surface area (Å²) in [5.41, 5.74) is 2.66. The maximum atomic E-state index is 13.1. The van der Waals surface area contributed by atoms with Gasteiger partial charge in [0.05, 0.1) is 4.90 Å². The van der Waals surface area contributed by atoms with Crippen molar-refractivity contribution in [3.63, 3.8) is 0 Å². The van der Waals surface area contributed by atoms with Crippen LogP contribution < -0.4 is 5.32 Å². The van der Waals surface area contributed by atoms with Crippen LogP contribution in [0, 0.1) is 11.7 Å². The van der Waals surface area contributed by atoms with Crippen molar-refractivity contribution in [2.24, 2.45) is 5.92 Å². The zero-order chi connectivity index (χ0) is 18.3. The molecule has 0 spiro atoms. The van der Waals surface area contributed by atoms with Crippen LogP contribution in [0.2, 0.25) is 0 Å². The van der Waals surface area contributed by atoms with Gasteiger partial charge in [-0.2, -0.15) is 4.31 Å². The Morgan fingerprint density at radius 1 is 1.08 bits per heavy atom. The van der Waals surface area contributed by atoms with Gasteiger partial charge in [0.15, 0.2) is 0 Å². The molecule has 136 valence electrons. The summed E-state index contributed by atoms with van der Waals surface area (Å²) < 4.78 is 40.1. The topological polar surface area (TPSA) is 66.5 Å². The first-order valence-electron chi connectivity index (χ1n) is 8.62. The molecule has 1 saturated carbocycles. The van der Waals surface area contributed by atoms with E-state index < -0.39 is 15.8 Å². The van der Waals surface area contributed by atoms with E-state index in [0.29, 0.717) is 18.7 Å². The third-order valence-corrected chi connectivity index (χ3v) is 6.71. The number of carbonyl (C=O) groups excluding carboxylic acids is 1. The van der Waals surface area contributed by atoms with Crippen molar-refractivity contribution >= 4 is 21.6 Å². The summed E-state index contributed by atoms with van der Waals surface area (Å²) in [6, 6.07) is 10.5. The summed E-state index contributed by atoms with van der Waals surface area (Å²) in [6.07, 6.45) is 2.47. The van der Waals surface area contributed by atoms with Crippen LogP contribution in [0.4, 0.5) is 10.1 Å². The minimum absolute atomic E-state index is 0.0246. The van der Waals surface area contributed by atoms with E-state index in [9.17, 15) is 17.6 Å². The predicted molar refractivity (Wildman–Crippen MR) is 95.5 cm³/mol. The number of nitrogens with zero attached hydrogens (tertiary/aromatic N) is 1. The fourth-order valence-corrected chi connectivity index (χ4v) is 4.58. The number of anilines is 1. The smallest absolute Gasteiger partial charge is 0.243 e. The predicted octanol–water partition coefficient (Wildman–Crippen LogP) is 2.92. The Kier molecular flexibility index (Phi) is 4.28. The Morgan fingerprint density at radius 2 is 1.81 bits per heavy atom. The fourth-order valence-electron chi connectivity index (χ4n) is 3.16. The molecule has 26 heavy (non-hydrogen) atoms. The highest BCUT2D eigenvalue weighted by molar-refractivity contribution is 7.89. The van der Waals surface area contributed by atoms with Gasteiger partial charge in [-0.15, -0.1) is 0 Å². The number of halogens is 1. The number of hydrogen-bond donors (Lipinski definition) is 1. The summed E-state index contributed by atoms with van der Waals surface area (Å²) >= 11 is 0. The largest absolute Gasteiger partial charge is 0.326 e. The molecule has 1 fully saturated rings. The third-order valence-electron chi connectivity index (χ3n) is 4.85. The molecule has 0 bridgehead atoms. The summed E-state index contributed by atoms with van der Waals surface area (Å²) in [7, 11) is -3.68. The first-order chi connectivity index (χ1) is 12.4. The van der Waals surface area contributed by atoms with E-state index in [1.165, 1.54) is 16.4 Å². The van der Waals surface area contributed by atoms with Crippen molar-refractivity contribution in [3.8, 4) is 0 Å². The maximum Gasteiger partial charge on any atom is 0.243 e. The van der Waals surface area contributed by atoms with Gasteiger partial charge < -0.3 is 5.32 Å². The molecule has 0 atom stereocenters. The molecule has 1 amide bonds. The number of carbonyl (C=O) groups is 1. The van der Waals surface area contributed by atoms with E-state index in [0.717, 1.165) is 36.1 Å². The third kappa shape index (κ3) is 3.37. The Labute approximate surface area is 151 Å². The first-order valence-corrected chi connectivity index (χ1v) is 10.1. The molecule has 0 radical (unpaired) electrons. The van der Waals surface area contributed by atoms with Gasteiger partial charge in [-0.25, -0.2) is 12.8 Å². The molecule has 1 aliphatic heterocycles. The monoisotopic (exact) mass is 374 g/mol. The van der Waals surface area contributed by atoms with Gasteiger partial charge in [-0.05, 0) is 66.8 Å². The molecule has 1 N–H and O–H groups in total. The Morgan fingerprint density at radius 3 is 2.50 bits per heavy atom. The molecule has 0 unspecified atom stereocenters. The molecule has 7 heteroatoms. The zero-order valence-electron chi connectivity index (χ0n) is 14.1. The molecule has 2 aliphatic rings. The second-order valence-corrected chi connectivity index (χ2v) is 8.73. The minimum Gasteiger partial charge on any atom is -0.326 e. The lowest BCUT2D eigenvalue weighted by molar-refractivity contribution is -0.117. The molecule has 5 nitrogen and oxygen atoms in total. The SMILES string of the molecule is O=C(Nc1ccc2c(c1)CN(S(=O)(=O)c1ccc(F)cc1)CC2)C1CC1. The molecule has 4 rings (SSSR count). The first kappa shape index (κ1) is 17.2. The minimum atomic E-state index is -3.68. The lowest BCUT2D eigenvalue weighted by atomic mass is 10.0. The molecular formula is C19H19FN2O3S. The highest BCUT2D eigenvalue weighted by Crippen LogP contribution is 2.31. The molecule has 1 heterocycles. The van der Waals surface area contributed by atoms with Crippen molar-refractivity contribution in [1.82, 2.24) is 4.31 Å². The standard InChI is InChI=1S/C19H19FN2O3S/c20-16-4-7-18(8-5-16)26(24,25)22-10-9-13-3-6-17(11-15(13)12-22)21-19(23)14-1-2-14/h3-8,11,14H,1-2,9-10,12H2,(H,21,23). The Balaban J connectivity index is 1.56. The van der Waals surface area contributed by atoms with Crippen molar-refractivity contribution in [1.29, 1.82) is 0 Å². The van der Waals surface area contributed by atoms with Gasteiger partial charge in [0, 0.05) is 24.7 Å². The lowest BCUT2D eigenvalue weighted by Gasteiger charge is -2.28. The second kappa shape index (κ2) is 6.48. The number of sulfonamides is 1. The quantitative estimate of drug-likeness (QED) is 0.895. The highest BCUT2D eigenvalue weighted by atomic mass is 32.2. The molecule has 1 aliphatic carbocycles. The lowest BCUT2D eigenvalue weighted by Crippen LogP contribution is -2.36. The number of fused-ring (bicyclic) bond motifs is 1. The van der Waals surface area contributed by atoms with Crippen molar-refractivity contribution in [2.45, 2.75) is 30.7 Å². The van der Waals surface area contributed by atoms with Crippen molar-refractivity contribution in [2.75, 3.05) is 11.9 Å². The molecule has 0 saturated heterocycles. The van der Waals surface area contributed by atoms with Gasteiger partial charge in [-0.1, -0.05) is 6.07 Å². The van der Waals surface area contributed by atoms with Crippen LogP contribution in [-0.4, -0.2) is 25.2 Å². The van der Waals surface area contributed by atoms with Crippen LogP contribution in [0.5, 0.6) is 0 Å². The summed E-state index contributed by atoms with van der Waals surface area (Å²) in [4.78, 5) is 12.0. The number of nitrogens with one attached hydrogen (secondary N) is 1. The van der Waals surface area contributed by atoms with Crippen molar-refractivity contribution < 1.29 is 17.6 Å².